The Kier molecular flexibility index (Phi) is 6.81. The van der Waals surface area contributed by atoms with E-state index in [1.54, 1.807) is 0 Å². The molecule has 2 aliphatic rings. The van der Waals surface area contributed by atoms with Gasteiger partial charge in [-0.2, -0.15) is 0 Å². The molecule has 1 aromatic carbocycles. The maximum atomic E-state index is 12.4. The standard InChI is InChI=1S/C23H36ClN3O2/c1-18-16-26(21(28)29-22(2,3)4)14-15-27(18)23(5)10-12-25(13-11-23)17-19-6-8-20(24)9-7-19/h6-9,18H,10-17H2,1-5H3/t18-/m0/s1. The fourth-order valence-electron chi connectivity index (χ4n) is 4.58. The number of rotatable bonds is 3. The number of nitrogens with zero attached hydrogens (tertiary/aromatic N) is 3. The number of hydrogen-bond acceptors (Lipinski definition) is 4. The quantitative estimate of drug-likeness (QED) is 0.712. The van der Waals surface area contributed by atoms with Gasteiger partial charge in [-0.15, -0.1) is 0 Å². The molecule has 0 radical (unpaired) electrons. The average Bonchev–Trinajstić information content (AvgIpc) is 2.64. The lowest BCUT2D eigenvalue weighted by Crippen LogP contribution is -2.63. The van der Waals surface area contributed by atoms with Crippen molar-refractivity contribution in [2.45, 2.75) is 71.2 Å². The van der Waals surface area contributed by atoms with Gasteiger partial charge in [0.05, 0.1) is 0 Å². The van der Waals surface area contributed by atoms with E-state index < -0.39 is 5.60 Å². The van der Waals surface area contributed by atoms with E-state index in [1.165, 1.54) is 5.56 Å². The molecule has 6 heteroatoms. The number of carbonyl (C=O) groups is 1. The van der Waals surface area contributed by atoms with Gasteiger partial charge in [-0.25, -0.2) is 4.79 Å². The normalized spacial score (nSPS) is 23.8. The van der Waals surface area contributed by atoms with E-state index >= 15 is 0 Å². The number of carbonyl (C=O) groups excluding carboxylic acids is 1. The second kappa shape index (κ2) is 8.83. The van der Waals surface area contributed by atoms with Crippen molar-refractivity contribution < 1.29 is 9.53 Å². The van der Waals surface area contributed by atoms with Gasteiger partial charge in [0.1, 0.15) is 5.60 Å². The van der Waals surface area contributed by atoms with E-state index in [4.69, 9.17) is 16.3 Å². The second-order valence-electron chi connectivity index (χ2n) is 9.87. The lowest BCUT2D eigenvalue weighted by atomic mass is 9.85. The molecule has 0 unspecified atom stereocenters. The van der Waals surface area contributed by atoms with Crippen LogP contribution in [0.4, 0.5) is 4.79 Å². The van der Waals surface area contributed by atoms with Gasteiger partial charge in [-0.05, 0) is 65.2 Å². The van der Waals surface area contributed by atoms with Gasteiger partial charge in [-0.3, -0.25) is 9.80 Å². The Morgan fingerprint density at radius 1 is 1.14 bits per heavy atom. The Labute approximate surface area is 180 Å². The minimum Gasteiger partial charge on any atom is -0.444 e. The minimum absolute atomic E-state index is 0.188. The molecule has 1 amide bonds. The summed E-state index contributed by atoms with van der Waals surface area (Å²) >= 11 is 6.00. The van der Waals surface area contributed by atoms with Gasteiger partial charge >= 0.3 is 6.09 Å². The first kappa shape index (κ1) is 22.4. The van der Waals surface area contributed by atoms with Gasteiger partial charge in [0.2, 0.25) is 0 Å². The first-order valence-electron chi connectivity index (χ1n) is 10.8. The highest BCUT2D eigenvalue weighted by atomic mass is 35.5. The van der Waals surface area contributed by atoms with Gasteiger partial charge < -0.3 is 9.64 Å². The summed E-state index contributed by atoms with van der Waals surface area (Å²) in [6, 6.07) is 8.51. The molecule has 2 heterocycles. The summed E-state index contributed by atoms with van der Waals surface area (Å²) in [4.78, 5) is 19.4. The molecule has 29 heavy (non-hydrogen) atoms. The van der Waals surface area contributed by atoms with Crippen LogP contribution in [0.3, 0.4) is 0 Å². The van der Waals surface area contributed by atoms with Crippen molar-refractivity contribution in [1.29, 1.82) is 0 Å². The summed E-state index contributed by atoms with van der Waals surface area (Å²) in [6.07, 6.45) is 2.11. The van der Waals surface area contributed by atoms with E-state index in [2.05, 4.69) is 35.8 Å². The first-order chi connectivity index (χ1) is 13.6. The molecule has 2 fully saturated rings. The molecule has 5 nitrogen and oxygen atoms in total. The predicted molar refractivity (Wildman–Crippen MR) is 118 cm³/mol. The fraction of sp³-hybridized carbons (Fsp3) is 0.696. The van der Waals surface area contributed by atoms with E-state index in [0.717, 1.165) is 57.1 Å². The molecule has 162 valence electrons. The van der Waals surface area contributed by atoms with Crippen molar-refractivity contribution >= 4 is 17.7 Å². The lowest BCUT2D eigenvalue weighted by molar-refractivity contribution is -0.0413. The largest absolute Gasteiger partial charge is 0.444 e. The number of likely N-dealkylation sites (tertiary alicyclic amines) is 1. The summed E-state index contributed by atoms with van der Waals surface area (Å²) in [5.41, 5.74) is 1.06. The second-order valence-corrected chi connectivity index (χ2v) is 10.3. The fourth-order valence-corrected chi connectivity index (χ4v) is 4.71. The highest BCUT2D eigenvalue weighted by molar-refractivity contribution is 6.30. The van der Waals surface area contributed by atoms with Crippen molar-refractivity contribution in [3.05, 3.63) is 34.9 Å². The summed E-state index contributed by atoms with van der Waals surface area (Å²) in [6.45, 7) is 16.0. The summed E-state index contributed by atoms with van der Waals surface area (Å²) < 4.78 is 5.56. The molecule has 0 aliphatic carbocycles. The van der Waals surface area contributed by atoms with Crippen LogP contribution in [-0.2, 0) is 11.3 Å². The van der Waals surface area contributed by atoms with Crippen molar-refractivity contribution in [3.63, 3.8) is 0 Å². The zero-order valence-corrected chi connectivity index (χ0v) is 19.3. The minimum atomic E-state index is -0.444. The Balaban J connectivity index is 1.52. The van der Waals surface area contributed by atoms with Crippen LogP contribution in [0.5, 0.6) is 0 Å². The molecule has 1 atom stereocenters. The Bertz CT molecular complexity index is 693. The number of halogens is 1. The van der Waals surface area contributed by atoms with Crippen LogP contribution >= 0.6 is 11.6 Å². The first-order valence-corrected chi connectivity index (χ1v) is 11.1. The Morgan fingerprint density at radius 3 is 2.31 bits per heavy atom. The van der Waals surface area contributed by atoms with Crippen LogP contribution in [-0.4, -0.2) is 70.7 Å². The van der Waals surface area contributed by atoms with Gasteiger partial charge in [0, 0.05) is 55.9 Å². The van der Waals surface area contributed by atoms with Crippen molar-refractivity contribution in [1.82, 2.24) is 14.7 Å². The molecule has 2 saturated heterocycles. The van der Waals surface area contributed by atoms with Crippen LogP contribution in [0.2, 0.25) is 5.02 Å². The third-order valence-electron chi connectivity index (χ3n) is 6.23. The molecular formula is C23H36ClN3O2. The highest BCUT2D eigenvalue weighted by Crippen LogP contribution is 2.32. The molecule has 0 saturated carbocycles. The molecule has 0 spiro atoms. The van der Waals surface area contributed by atoms with Crippen LogP contribution < -0.4 is 0 Å². The van der Waals surface area contributed by atoms with Crippen LogP contribution in [0, 0.1) is 0 Å². The topological polar surface area (TPSA) is 36.0 Å². The van der Waals surface area contributed by atoms with Crippen LogP contribution in [0.15, 0.2) is 24.3 Å². The van der Waals surface area contributed by atoms with E-state index in [1.807, 2.05) is 37.8 Å². The third-order valence-corrected chi connectivity index (χ3v) is 6.48. The predicted octanol–water partition coefficient (Wildman–Crippen LogP) is 4.64. The molecular weight excluding hydrogens is 386 g/mol. The van der Waals surface area contributed by atoms with Gasteiger partial charge in [-0.1, -0.05) is 23.7 Å². The van der Waals surface area contributed by atoms with Crippen LogP contribution in [0.25, 0.3) is 0 Å². The van der Waals surface area contributed by atoms with Crippen molar-refractivity contribution in [3.8, 4) is 0 Å². The average molecular weight is 422 g/mol. The zero-order chi connectivity index (χ0) is 21.2. The van der Waals surface area contributed by atoms with Crippen LogP contribution in [0.1, 0.15) is 53.0 Å². The number of hydrogen-bond donors (Lipinski definition) is 0. The number of ether oxygens (including phenoxy) is 1. The Morgan fingerprint density at radius 2 is 1.76 bits per heavy atom. The van der Waals surface area contributed by atoms with Gasteiger partial charge in [0.15, 0.2) is 0 Å². The van der Waals surface area contributed by atoms with Crippen molar-refractivity contribution in [2.24, 2.45) is 0 Å². The molecule has 3 rings (SSSR count). The van der Waals surface area contributed by atoms with Crippen molar-refractivity contribution in [2.75, 3.05) is 32.7 Å². The smallest absolute Gasteiger partial charge is 0.410 e. The molecule has 1 aromatic rings. The summed E-state index contributed by atoms with van der Waals surface area (Å²) in [5, 5.41) is 0.791. The van der Waals surface area contributed by atoms with E-state index in [0.29, 0.717) is 6.04 Å². The number of amides is 1. The monoisotopic (exact) mass is 421 g/mol. The maximum absolute atomic E-state index is 12.4. The molecule has 2 aliphatic heterocycles. The zero-order valence-electron chi connectivity index (χ0n) is 18.6. The molecule has 0 aromatic heterocycles. The molecule has 0 bridgehead atoms. The number of benzene rings is 1. The van der Waals surface area contributed by atoms with Gasteiger partial charge in [0.25, 0.3) is 0 Å². The summed E-state index contributed by atoms with van der Waals surface area (Å²) in [5.74, 6) is 0. The Hall–Kier alpha value is -1.30. The lowest BCUT2D eigenvalue weighted by Gasteiger charge is -2.52. The number of piperidine rings is 1. The molecule has 0 N–H and O–H groups in total. The number of piperazine rings is 1. The SMILES string of the molecule is C[C@H]1CN(C(=O)OC(C)(C)C)CCN1C1(C)CCN(Cc2ccc(Cl)cc2)CC1. The highest BCUT2D eigenvalue weighted by Gasteiger charge is 2.41. The van der Waals surface area contributed by atoms with E-state index in [9.17, 15) is 4.79 Å². The summed E-state index contributed by atoms with van der Waals surface area (Å²) in [7, 11) is 0. The van der Waals surface area contributed by atoms with E-state index in [-0.39, 0.29) is 11.6 Å². The third kappa shape index (κ3) is 5.87. The maximum Gasteiger partial charge on any atom is 0.410 e.